The summed E-state index contributed by atoms with van der Waals surface area (Å²) in [6.45, 7) is 3.33. The van der Waals surface area contributed by atoms with Crippen LogP contribution in [0, 0.1) is 12.7 Å². The van der Waals surface area contributed by atoms with E-state index in [9.17, 15) is 14.0 Å². The molecule has 0 unspecified atom stereocenters. The monoisotopic (exact) mass is 527 g/mol. The molecule has 36 heavy (non-hydrogen) atoms. The Balaban J connectivity index is 1.54. The van der Waals surface area contributed by atoms with Crippen LogP contribution in [0.2, 0.25) is 5.02 Å². The minimum atomic E-state index is -0.677. The number of hydrogen-bond donors (Lipinski definition) is 0. The molecule has 184 valence electrons. The Kier molecular flexibility index (Phi) is 6.72. The predicted molar refractivity (Wildman–Crippen MR) is 129 cm³/mol. The summed E-state index contributed by atoms with van der Waals surface area (Å²) in [5.41, 5.74) is 1.69. The first-order valence-electron chi connectivity index (χ1n) is 10.9. The summed E-state index contributed by atoms with van der Waals surface area (Å²) in [5.74, 6) is -1.41. The highest BCUT2D eigenvalue weighted by Crippen LogP contribution is 2.16. The normalized spacial score (nSPS) is 14.3. The third kappa shape index (κ3) is 4.83. The summed E-state index contributed by atoms with van der Waals surface area (Å²) < 4.78 is 21.7. The van der Waals surface area contributed by atoms with Crippen molar-refractivity contribution in [1.29, 1.82) is 0 Å². The zero-order chi connectivity index (χ0) is 25.2. The van der Waals surface area contributed by atoms with Crippen molar-refractivity contribution in [2.45, 2.75) is 6.92 Å². The van der Waals surface area contributed by atoms with E-state index < -0.39 is 5.91 Å². The number of halogens is 2. The summed E-state index contributed by atoms with van der Waals surface area (Å²) in [6, 6.07) is 12.5. The standard InChI is InChI=1S/C23H19ClFN7O3S/c1-14-19(27-29-31(14)17-8-4-16(25)5-9-17)21(33)26-22-20(23(34)30-10-12-35-13-11-30)28-32(36-22)18-6-2-15(24)3-7-18/h2-9H,10-13H2,1H3. The Labute approximate surface area is 213 Å². The van der Waals surface area contributed by atoms with Crippen molar-refractivity contribution in [3.05, 3.63) is 81.1 Å². The number of ether oxygens (including phenoxy) is 1. The summed E-state index contributed by atoms with van der Waals surface area (Å²) in [7, 11) is 0. The van der Waals surface area contributed by atoms with Gasteiger partial charge in [0.05, 0.1) is 30.3 Å². The lowest BCUT2D eigenvalue weighted by atomic mass is 10.3. The second-order valence-corrected chi connectivity index (χ2v) is 9.18. The molecule has 0 spiro atoms. The van der Waals surface area contributed by atoms with Gasteiger partial charge in [0.1, 0.15) is 5.82 Å². The Morgan fingerprint density at radius 2 is 1.69 bits per heavy atom. The van der Waals surface area contributed by atoms with E-state index >= 15 is 0 Å². The molecule has 0 aliphatic carbocycles. The van der Waals surface area contributed by atoms with Crippen LogP contribution in [0.15, 0.2) is 53.5 Å². The first kappa shape index (κ1) is 24.0. The molecule has 1 saturated heterocycles. The minimum absolute atomic E-state index is 0.00976. The largest absolute Gasteiger partial charge is 0.378 e. The Morgan fingerprint density at radius 3 is 2.39 bits per heavy atom. The van der Waals surface area contributed by atoms with Gasteiger partial charge in [0, 0.05) is 18.1 Å². The van der Waals surface area contributed by atoms with Crippen LogP contribution in [0.3, 0.4) is 0 Å². The third-order valence-corrected chi connectivity index (χ3v) is 6.66. The molecule has 2 aromatic heterocycles. The molecule has 0 radical (unpaired) electrons. The van der Waals surface area contributed by atoms with Crippen molar-refractivity contribution >= 4 is 34.9 Å². The Bertz CT molecular complexity index is 1490. The van der Waals surface area contributed by atoms with Crippen molar-refractivity contribution < 1.29 is 18.7 Å². The van der Waals surface area contributed by atoms with Crippen molar-refractivity contribution in [2.75, 3.05) is 26.3 Å². The predicted octanol–water partition coefficient (Wildman–Crippen LogP) is 2.83. The quantitative estimate of drug-likeness (QED) is 0.404. The summed E-state index contributed by atoms with van der Waals surface area (Å²) >= 11 is 7.04. The molecule has 13 heteroatoms. The van der Waals surface area contributed by atoms with Crippen molar-refractivity contribution in [1.82, 2.24) is 29.1 Å². The van der Waals surface area contributed by atoms with Gasteiger partial charge in [-0.3, -0.25) is 9.59 Å². The van der Waals surface area contributed by atoms with Gasteiger partial charge in [0.2, 0.25) is 0 Å². The maximum atomic E-state index is 13.3. The van der Waals surface area contributed by atoms with Crippen LogP contribution in [0.1, 0.15) is 26.7 Å². The van der Waals surface area contributed by atoms with Gasteiger partial charge < -0.3 is 9.64 Å². The molecule has 4 aromatic rings. The molecule has 3 heterocycles. The van der Waals surface area contributed by atoms with E-state index in [0.29, 0.717) is 48.4 Å². The van der Waals surface area contributed by atoms with E-state index in [-0.39, 0.29) is 27.8 Å². The highest BCUT2D eigenvalue weighted by atomic mass is 35.5. The van der Waals surface area contributed by atoms with Crippen LogP contribution >= 0.6 is 23.1 Å². The van der Waals surface area contributed by atoms with Crippen LogP contribution < -0.4 is 4.67 Å². The molecular formula is C23H19ClFN7O3S. The molecule has 0 N–H and O–H groups in total. The number of rotatable bonds is 4. The van der Waals surface area contributed by atoms with Gasteiger partial charge >= 0.3 is 5.91 Å². The fraction of sp³-hybridized carbons (Fsp3) is 0.217. The van der Waals surface area contributed by atoms with Crippen LogP contribution in [-0.4, -0.2) is 67.2 Å². The van der Waals surface area contributed by atoms with Crippen LogP contribution in [-0.2, 0) is 4.74 Å². The minimum Gasteiger partial charge on any atom is -0.378 e. The van der Waals surface area contributed by atoms with Crippen LogP contribution in [0.25, 0.3) is 11.4 Å². The average molecular weight is 528 g/mol. The number of benzene rings is 2. The number of nitrogens with zero attached hydrogens (tertiary/aromatic N) is 7. The van der Waals surface area contributed by atoms with E-state index in [4.69, 9.17) is 16.3 Å². The maximum Gasteiger partial charge on any atom is 0.300 e. The lowest BCUT2D eigenvalue weighted by Crippen LogP contribution is -2.42. The van der Waals surface area contributed by atoms with Gasteiger partial charge in [-0.2, -0.15) is 9.06 Å². The van der Waals surface area contributed by atoms with Gasteiger partial charge in [-0.25, -0.2) is 9.07 Å². The number of carbonyl (C=O) groups excluding carboxylic acids is 2. The van der Waals surface area contributed by atoms with Crippen LogP contribution in [0.4, 0.5) is 4.39 Å². The molecule has 10 nitrogen and oxygen atoms in total. The number of aromatic nitrogens is 5. The molecule has 1 aliphatic rings. The first-order valence-corrected chi connectivity index (χ1v) is 12.1. The third-order valence-electron chi connectivity index (χ3n) is 5.49. The molecule has 2 amide bonds. The van der Waals surface area contributed by atoms with Crippen molar-refractivity contribution in [3.8, 4) is 11.4 Å². The molecule has 0 atom stereocenters. The van der Waals surface area contributed by atoms with E-state index in [1.54, 1.807) is 36.1 Å². The van der Waals surface area contributed by atoms with Crippen LogP contribution in [0.5, 0.6) is 0 Å². The Hall–Kier alpha value is -3.74. The maximum absolute atomic E-state index is 13.3. The fourth-order valence-electron chi connectivity index (χ4n) is 3.58. The lowest BCUT2D eigenvalue weighted by molar-refractivity contribution is 0.0297. The zero-order valence-electron chi connectivity index (χ0n) is 19.0. The van der Waals surface area contributed by atoms with E-state index in [1.807, 2.05) is 0 Å². The molecule has 1 fully saturated rings. The van der Waals surface area contributed by atoms with E-state index in [1.165, 1.54) is 33.0 Å². The molecule has 2 aromatic carbocycles. The summed E-state index contributed by atoms with van der Waals surface area (Å²) in [5, 5.41) is 13.0. The second kappa shape index (κ2) is 10.1. The number of amides is 2. The first-order chi connectivity index (χ1) is 17.4. The van der Waals surface area contributed by atoms with Gasteiger partial charge in [-0.05, 0) is 67.0 Å². The average Bonchev–Trinajstić information content (AvgIpc) is 3.49. The molecule has 1 aliphatic heterocycles. The van der Waals surface area contributed by atoms with Crippen molar-refractivity contribution in [3.63, 3.8) is 0 Å². The Morgan fingerprint density at radius 1 is 1.03 bits per heavy atom. The highest BCUT2D eigenvalue weighted by Gasteiger charge is 2.25. The van der Waals surface area contributed by atoms with E-state index in [2.05, 4.69) is 20.4 Å². The second-order valence-electron chi connectivity index (χ2n) is 7.83. The van der Waals surface area contributed by atoms with E-state index in [0.717, 1.165) is 11.5 Å². The van der Waals surface area contributed by atoms with Gasteiger partial charge in [0.15, 0.2) is 16.1 Å². The number of hydrogen-bond acceptors (Lipinski definition) is 7. The SMILES string of the molecule is Cc1c(C(=O)N=c2sn(-c3ccc(Cl)cc3)nc2C(=O)N2CCOCC2)nnn1-c1ccc(F)cc1. The van der Waals surface area contributed by atoms with Crippen molar-refractivity contribution in [2.24, 2.45) is 4.99 Å². The lowest BCUT2D eigenvalue weighted by Gasteiger charge is -2.25. The molecular weight excluding hydrogens is 509 g/mol. The number of morpholine rings is 1. The fourth-order valence-corrected chi connectivity index (χ4v) is 4.56. The number of carbonyl (C=O) groups is 2. The van der Waals surface area contributed by atoms with Gasteiger partial charge in [-0.15, -0.1) is 10.2 Å². The zero-order valence-corrected chi connectivity index (χ0v) is 20.5. The molecule has 0 bridgehead atoms. The van der Waals surface area contributed by atoms with Gasteiger partial charge in [-0.1, -0.05) is 16.8 Å². The summed E-state index contributed by atoms with van der Waals surface area (Å²) in [6.07, 6.45) is 0. The highest BCUT2D eigenvalue weighted by molar-refractivity contribution is 7.04. The molecule has 5 rings (SSSR count). The molecule has 0 saturated carbocycles. The summed E-state index contributed by atoms with van der Waals surface area (Å²) in [4.78, 5) is 32.2. The smallest absolute Gasteiger partial charge is 0.300 e. The van der Waals surface area contributed by atoms with Gasteiger partial charge in [0.25, 0.3) is 5.91 Å². The topological polar surface area (TPSA) is 108 Å².